The summed E-state index contributed by atoms with van der Waals surface area (Å²) in [5, 5.41) is 30.4. The maximum atomic E-state index is 12.3. The van der Waals surface area contributed by atoms with Crippen LogP contribution in [0.5, 0.6) is 0 Å². The molecule has 0 saturated carbocycles. The fourth-order valence-corrected chi connectivity index (χ4v) is 3.79. The van der Waals surface area contributed by atoms with E-state index in [0.29, 0.717) is 0 Å². The highest BCUT2D eigenvalue weighted by atomic mass is 32.2. The van der Waals surface area contributed by atoms with E-state index in [0.717, 1.165) is 11.1 Å². The number of aryl methyl sites for hydroxylation is 1. The van der Waals surface area contributed by atoms with E-state index in [-0.39, 0.29) is 11.5 Å². The van der Waals surface area contributed by atoms with E-state index >= 15 is 0 Å². The molecule has 0 amide bonds. The van der Waals surface area contributed by atoms with Crippen molar-refractivity contribution in [3.63, 3.8) is 0 Å². The van der Waals surface area contributed by atoms with Gasteiger partial charge < -0.3 is 24.8 Å². The van der Waals surface area contributed by atoms with Crippen LogP contribution in [0.3, 0.4) is 0 Å². The molecule has 3 N–H and O–H groups in total. The van der Waals surface area contributed by atoms with Crippen LogP contribution < -0.4 is 0 Å². The second kappa shape index (κ2) is 9.31. The Kier molecular flexibility index (Phi) is 7.01. The summed E-state index contributed by atoms with van der Waals surface area (Å²) in [6.45, 7) is 1.37. The van der Waals surface area contributed by atoms with Gasteiger partial charge in [0.1, 0.15) is 24.4 Å². The standard InChI is InChI=1S/C20H24O8S/c1-13-7-9-15(10-8-13)29(24,25)27-12-16-17(21)18(22)19(23)20(28-16)26-11-14-5-3-2-4-6-14/h2-10,16-23H,11-12H2,1H3/t16-,17-,18+,19+,20?/m1/s1. The van der Waals surface area contributed by atoms with E-state index < -0.39 is 47.4 Å². The van der Waals surface area contributed by atoms with Gasteiger partial charge in [0.05, 0.1) is 18.1 Å². The fourth-order valence-electron chi connectivity index (χ4n) is 2.87. The summed E-state index contributed by atoms with van der Waals surface area (Å²) in [5.74, 6) is 0. The topological polar surface area (TPSA) is 123 Å². The molecule has 9 heteroatoms. The second-order valence-electron chi connectivity index (χ2n) is 6.86. The van der Waals surface area contributed by atoms with Crippen molar-refractivity contribution in [2.75, 3.05) is 6.61 Å². The second-order valence-corrected chi connectivity index (χ2v) is 8.48. The highest BCUT2D eigenvalue weighted by molar-refractivity contribution is 7.86. The lowest BCUT2D eigenvalue weighted by molar-refractivity contribution is -0.302. The van der Waals surface area contributed by atoms with Gasteiger partial charge in [-0.15, -0.1) is 0 Å². The first-order valence-corrected chi connectivity index (χ1v) is 10.5. The molecule has 1 unspecified atom stereocenters. The molecule has 1 saturated heterocycles. The summed E-state index contributed by atoms with van der Waals surface area (Å²) in [4.78, 5) is -0.0362. The first-order chi connectivity index (χ1) is 13.8. The van der Waals surface area contributed by atoms with Crippen LogP contribution in [0.4, 0.5) is 0 Å². The van der Waals surface area contributed by atoms with Crippen molar-refractivity contribution < 1.29 is 37.4 Å². The van der Waals surface area contributed by atoms with E-state index in [9.17, 15) is 23.7 Å². The summed E-state index contributed by atoms with van der Waals surface area (Å²) in [6.07, 6.45) is -7.10. The zero-order valence-corrected chi connectivity index (χ0v) is 16.6. The van der Waals surface area contributed by atoms with Crippen LogP contribution >= 0.6 is 0 Å². The van der Waals surface area contributed by atoms with Gasteiger partial charge in [-0.05, 0) is 24.6 Å². The molecule has 8 nitrogen and oxygen atoms in total. The summed E-state index contributed by atoms with van der Waals surface area (Å²) in [6, 6.07) is 15.2. The first kappa shape index (κ1) is 21.8. The molecule has 2 aromatic carbocycles. The molecule has 1 heterocycles. The maximum Gasteiger partial charge on any atom is 0.297 e. The minimum atomic E-state index is -4.08. The van der Waals surface area contributed by atoms with Gasteiger partial charge in [0.25, 0.3) is 10.1 Å². The summed E-state index contributed by atoms with van der Waals surface area (Å²) in [5.41, 5.74) is 1.71. The van der Waals surface area contributed by atoms with Crippen molar-refractivity contribution in [2.45, 2.75) is 49.1 Å². The van der Waals surface area contributed by atoms with Crippen LogP contribution in [0.15, 0.2) is 59.5 Å². The van der Waals surface area contributed by atoms with Crippen LogP contribution in [-0.2, 0) is 30.4 Å². The molecular formula is C20H24O8S. The molecule has 0 radical (unpaired) electrons. The summed E-state index contributed by atoms with van der Waals surface area (Å²) >= 11 is 0. The molecule has 2 aromatic rings. The number of aliphatic hydroxyl groups is 3. The zero-order valence-electron chi connectivity index (χ0n) is 15.8. The van der Waals surface area contributed by atoms with Crippen LogP contribution in [0.1, 0.15) is 11.1 Å². The summed E-state index contributed by atoms with van der Waals surface area (Å²) < 4.78 is 40.6. The highest BCUT2D eigenvalue weighted by Gasteiger charge is 2.44. The largest absolute Gasteiger partial charge is 0.387 e. The molecular weight excluding hydrogens is 400 g/mol. The van der Waals surface area contributed by atoms with E-state index in [1.165, 1.54) is 12.1 Å². The van der Waals surface area contributed by atoms with E-state index in [1.807, 2.05) is 37.3 Å². The number of aliphatic hydroxyl groups excluding tert-OH is 3. The molecule has 0 aliphatic carbocycles. The van der Waals surface area contributed by atoms with Gasteiger partial charge in [0, 0.05) is 0 Å². The van der Waals surface area contributed by atoms with E-state index in [1.54, 1.807) is 12.1 Å². The molecule has 1 aliphatic rings. The highest BCUT2D eigenvalue weighted by Crippen LogP contribution is 2.24. The normalized spacial score (nSPS) is 27.7. The van der Waals surface area contributed by atoms with Gasteiger partial charge in [0.15, 0.2) is 6.29 Å². The first-order valence-electron chi connectivity index (χ1n) is 9.09. The molecule has 158 valence electrons. The van der Waals surface area contributed by atoms with Gasteiger partial charge in [-0.25, -0.2) is 0 Å². The SMILES string of the molecule is Cc1ccc(S(=O)(=O)OC[C@H]2OC(OCc3ccccc3)[C@@H](O)[C@@H](O)[C@@H]2O)cc1. The Balaban J connectivity index is 1.63. The molecule has 5 atom stereocenters. The van der Waals surface area contributed by atoms with Gasteiger partial charge in [-0.2, -0.15) is 8.42 Å². The van der Waals surface area contributed by atoms with Crippen LogP contribution in [0.2, 0.25) is 0 Å². The zero-order chi connectivity index (χ0) is 21.0. The fraction of sp³-hybridized carbons (Fsp3) is 0.400. The number of benzene rings is 2. The minimum Gasteiger partial charge on any atom is -0.387 e. The Morgan fingerprint density at radius 3 is 2.24 bits per heavy atom. The molecule has 0 aromatic heterocycles. The lowest BCUT2D eigenvalue weighted by Gasteiger charge is -2.40. The van der Waals surface area contributed by atoms with Crippen molar-refractivity contribution in [1.29, 1.82) is 0 Å². The average Bonchev–Trinajstić information content (AvgIpc) is 2.72. The van der Waals surface area contributed by atoms with Gasteiger partial charge in [-0.3, -0.25) is 4.18 Å². The third-order valence-corrected chi connectivity index (χ3v) is 5.92. The van der Waals surface area contributed by atoms with Crippen LogP contribution in [0.25, 0.3) is 0 Å². The molecule has 3 rings (SSSR count). The maximum absolute atomic E-state index is 12.3. The van der Waals surface area contributed by atoms with Gasteiger partial charge >= 0.3 is 0 Å². The Hall–Kier alpha value is -1.85. The Morgan fingerprint density at radius 2 is 1.59 bits per heavy atom. The smallest absolute Gasteiger partial charge is 0.297 e. The minimum absolute atomic E-state index is 0.0362. The van der Waals surface area contributed by atoms with Crippen molar-refractivity contribution >= 4 is 10.1 Å². The van der Waals surface area contributed by atoms with E-state index in [4.69, 9.17) is 13.7 Å². The molecule has 0 bridgehead atoms. The van der Waals surface area contributed by atoms with Crippen LogP contribution in [0, 0.1) is 6.92 Å². The third-order valence-electron chi connectivity index (χ3n) is 4.62. The molecule has 0 spiro atoms. The average molecular weight is 424 g/mol. The molecule has 1 aliphatic heterocycles. The molecule has 29 heavy (non-hydrogen) atoms. The van der Waals surface area contributed by atoms with Crippen molar-refractivity contribution in [3.05, 3.63) is 65.7 Å². The van der Waals surface area contributed by atoms with E-state index in [2.05, 4.69) is 0 Å². The van der Waals surface area contributed by atoms with Crippen LogP contribution in [-0.4, -0.2) is 61.1 Å². The van der Waals surface area contributed by atoms with Gasteiger partial charge in [-0.1, -0.05) is 48.0 Å². The van der Waals surface area contributed by atoms with Crippen molar-refractivity contribution in [2.24, 2.45) is 0 Å². The predicted octanol–water partition coefficient (Wildman–Crippen LogP) is 0.725. The Morgan fingerprint density at radius 1 is 0.931 bits per heavy atom. The molecule has 1 fully saturated rings. The number of hydrogen-bond donors (Lipinski definition) is 3. The lowest BCUT2D eigenvalue weighted by Crippen LogP contribution is -2.59. The van der Waals surface area contributed by atoms with Crippen molar-refractivity contribution in [3.8, 4) is 0 Å². The number of hydrogen-bond acceptors (Lipinski definition) is 8. The lowest BCUT2D eigenvalue weighted by atomic mass is 9.99. The Labute approximate surface area is 169 Å². The Bertz CT molecular complexity index is 884. The number of rotatable bonds is 7. The number of ether oxygens (including phenoxy) is 2. The quantitative estimate of drug-likeness (QED) is 0.556. The summed E-state index contributed by atoms with van der Waals surface area (Å²) in [7, 11) is -4.08. The van der Waals surface area contributed by atoms with Gasteiger partial charge in [0.2, 0.25) is 0 Å². The monoisotopic (exact) mass is 424 g/mol. The third kappa shape index (κ3) is 5.40. The predicted molar refractivity (Wildman–Crippen MR) is 102 cm³/mol. The van der Waals surface area contributed by atoms with Crippen molar-refractivity contribution in [1.82, 2.24) is 0 Å².